The summed E-state index contributed by atoms with van der Waals surface area (Å²) >= 11 is 0. The smallest absolute Gasteiger partial charge is 0.191 e. The van der Waals surface area contributed by atoms with Crippen molar-refractivity contribution < 1.29 is 19.3 Å². The Kier molecular flexibility index (Phi) is 4.16. The summed E-state index contributed by atoms with van der Waals surface area (Å²) in [6, 6.07) is 7.67. The van der Waals surface area contributed by atoms with Crippen LogP contribution in [0.2, 0.25) is 0 Å². The molecule has 4 heteroatoms. The number of hydrogen-bond acceptors (Lipinski definition) is 4. The van der Waals surface area contributed by atoms with Crippen molar-refractivity contribution >= 4 is 0 Å². The Bertz CT molecular complexity index is 303. The van der Waals surface area contributed by atoms with Gasteiger partial charge in [-0.05, 0) is 24.1 Å². The van der Waals surface area contributed by atoms with Crippen LogP contribution < -0.4 is 4.74 Å². The second-order valence-corrected chi connectivity index (χ2v) is 3.60. The Labute approximate surface area is 94.8 Å². The molecule has 0 unspecified atom stereocenters. The van der Waals surface area contributed by atoms with E-state index in [1.165, 1.54) is 0 Å². The van der Waals surface area contributed by atoms with E-state index in [9.17, 15) is 0 Å². The fourth-order valence-electron chi connectivity index (χ4n) is 1.55. The molecule has 0 aromatic heterocycles. The van der Waals surface area contributed by atoms with Crippen LogP contribution in [0.3, 0.4) is 0 Å². The van der Waals surface area contributed by atoms with Crippen molar-refractivity contribution in [1.82, 2.24) is 0 Å². The Balaban J connectivity index is 1.80. The molecule has 1 fully saturated rings. The van der Waals surface area contributed by atoms with Crippen LogP contribution >= 0.6 is 0 Å². The highest BCUT2D eigenvalue weighted by Gasteiger charge is 2.16. The van der Waals surface area contributed by atoms with Crippen LogP contribution in [0, 0.1) is 0 Å². The van der Waals surface area contributed by atoms with Crippen molar-refractivity contribution in [3.8, 4) is 5.75 Å². The van der Waals surface area contributed by atoms with Crippen LogP contribution in [0.4, 0.5) is 0 Å². The van der Waals surface area contributed by atoms with E-state index in [1.54, 1.807) is 0 Å². The molecule has 16 heavy (non-hydrogen) atoms. The molecule has 0 spiro atoms. The van der Waals surface area contributed by atoms with Gasteiger partial charge in [-0.3, -0.25) is 0 Å². The van der Waals surface area contributed by atoms with Gasteiger partial charge in [0.15, 0.2) is 6.29 Å². The van der Waals surface area contributed by atoms with E-state index in [0.29, 0.717) is 26.2 Å². The van der Waals surface area contributed by atoms with E-state index in [4.69, 9.17) is 19.3 Å². The number of benzene rings is 1. The first kappa shape index (κ1) is 11.4. The van der Waals surface area contributed by atoms with E-state index in [-0.39, 0.29) is 12.9 Å². The fourth-order valence-corrected chi connectivity index (χ4v) is 1.55. The lowest BCUT2D eigenvalue weighted by Crippen LogP contribution is -2.18. The van der Waals surface area contributed by atoms with Gasteiger partial charge in [0.25, 0.3) is 0 Å². The first-order valence-electron chi connectivity index (χ1n) is 5.44. The van der Waals surface area contributed by atoms with Crippen molar-refractivity contribution in [1.29, 1.82) is 0 Å². The van der Waals surface area contributed by atoms with E-state index < -0.39 is 0 Å². The second-order valence-electron chi connectivity index (χ2n) is 3.60. The molecule has 1 aromatic rings. The highest BCUT2D eigenvalue weighted by Crippen LogP contribution is 2.14. The minimum absolute atomic E-state index is 0.171. The third-order valence-electron chi connectivity index (χ3n) is 2.40. The molecular weight excluding hydrogens is 208 g/mol. The van der Waals surface area contributed by atoms with Crippen LogP contribution in [-0.4, -0.2) is 37.8 Å². The third-order valence-corrected chi connectivity index (χ3v) is 2.40. The minimum Gasteiger partial charge on any atom is -0.488 e. The van der Waals surface area contributed by atoms with Gasteiger partial charge < -0.3 is 19.3 Å². The largest absolute Gasteiger partial charge is 0.488 e. The first-order chi connectivity index (χ1) is 7.88. The predicted molar refractivity (Wildman–Crippen MR) is 58.4 cm³/mol. The van der Waals surface area contributed by atoms with Gasteiger partial charge in [-0.1, -0.05) is 12.1 Å². The second kappa shape index (κ2) is 5.84. The van der Waals surface area contributed by atoms with Gasteiger partial charge in [0.05, 0.1) is 13.2 Å². The maximum Gasteiger partial charge on any atom is 0.191 e. The molecular formula is C12H16O4. The van der Waals surface area contributed by atoms with Crippen LogP contribution in [0.15, 0.2) is 24.3 Å². The van der Waals surface area contributed by atoms with Crippen molar-refractivity contribution in [3.05, 3.63) is 29.8 Å². The molecule has 0 bridgehead atoms. The number of aliphatic hydroxyl groups excluding tert-OH is 1. The molecule has 0 amide bonds. The summed E-state index contributed by atoms with van der Waals surface area (Å²) in [6.07, 6.45) is 0.437. The van der Waals surface area contributed by atoms with Crippen LogP contribution in [0.25, 0.3) is 0 Å². The lowest BCUT2D eigenvalue weighted by atomic mass is 10.1. The zero-order chi connectivity index (χ0) is 11.2. The van der Waals surface area contributed by atoms with Gasteiger partial charge in [-0.25, -0.2) is 0 Å². The van der Waals surface area contributed by atoms with Gasteiger partial charge in [-0.15, -0.1) is 0 Å². The molecule has 0 aliphatic carbocycles. The van der Waals surface area contributed by atoms with Crippen LogP contribution in [-0.2, 0) is 15.9 Å². The lowest BCUT2D eigenvalue weighted by Gasteiger charge is -2.11. The van der Waals surface area contributed by atoms with Gasteiger partial charge in [0.2, 0.25) is 0 Å². The summed E-state index contributed by atoms with van der Waals surface area (Å²) in [5.41, 5.74) is 1.10. The quantitative estimate of drug-likeness (QED) is 0.809. The molecule has 1 N–H and O–H groups in total. The van der Waals surface area contributed by atoms with Crippen molar-refractivity contribution in [2.75, 3.05) is 26.4 Å². The Hall–Kier alpha value is -1.10. The zero-order valence-electron chi connectivity index (χ0n) is 9.09. The number of ether oxygens (including phenoxy) is 3. The van der Waals surface area contributed by atoms with Crippen molar-refractivity contribution in [2.24, 2.45) is 0 Å². The molecule has 4 nitrogen and oxygen atoms in total. The first-order valence-corrected chi connectivity index (χ1v) is 5.44. The predicted octanol–water partition coefficient (Wildman–Crippen LogP) is 0.973. The SMILES string of the molecule is OCCc1ccc(OCC2OCCO2)cc1. The average Bonchev–Trinajstić information content (AvgIpc) is 2.82. The molecule has 88 valence electrons. The number of rotatable bonds is 5. The van der Waals surface area contributed by atoms with Gasteiger partial charge in [0, 0.05) is 6.61 Å². The van der Waals surface area contributed by atoms with Crippen LogP contribution in [0.5, 0.6) is 5.75 Å². The summed E-state index contributed by atoms with van der Waals surface area (Å²) < 4.78 is 16.0. The van der Waals surface area contributed by atoms with E-state index in [2.05, 4.69) is 0 Å². The van der Waals surface area contributed by atoms with E-state index >= 15 is 0 Å². The molecule has 0 saturated carbocycles. The number of hydrogen-bond donors (Lipinski definition) is 1. The molecule has 1 aliphatic rings. The molecule has 1 aromatic carbocycles. The van der Waals surface area contributed by atoms with Gasteiger partial charge >= 0.3 is 0 Å². The van der Waals surface area contributed by atoms with Crippen molar-refractivity contribution in [3.63, 3.8) is 0 Å². The van der Waals surface area contributed by atoms with Gasteiger partial charge in [-0.2, -0.15) is 0 Å². The molecule has 1 aliphatic heterocycles. The molecule has 0 radical (unpaired) electrons. The minimum atomic E-state index is -0.239. The standard InChI is InChI=1S/C12H16O4/c13-6-5-10-1-3-11(4-2-10)16-9-12-14-7-8-15-12/h1-4,12-13H,5-9H2. The molecule has 2 rings (SSSR count). The summed E-state index contributed by atoms with van der Waals surface area (Å²) in [6.45, 7) is 1.87. The highest BCUT2D eigenvalue weighted by molar-refractivity contribution is 5.27. The number of aliphatic hydroxyl groups is 1. The Morgan fingerprint density at radius 3 is 2.50 bits per heavy atom. The van der Waals surface area contributed by atoms with E-state index in [0.717, 1.165) is 11.3 Å². The lowest BCUT2D eigenvalue weighted by molar-refractivity contribution is -0.0684. The molecule has 0 atom stereocenters. The van der Waals surface area contributed by atoms with Gasteiger partial charge in [0.1, 0.15) is 12.4 Å². The zero-order valence-corrected chi connectivity index (χ0v) is 9.09. The normalized spacial score (nSPS) is 16.6. The maximum absolute atomic E-state index is 8.77. The summed E-state index contributed by atoms with van der Waals surface area (Å²) in [7, 11) is 0. The molecule has 1 heterocycles. The summed E-state index contributed by atoms with van der Waals surface area (Å²) in [5, 5.41) is 8.77. The monoisotopic (exact) mass is 224 g/mol. The highest BCUT2D eigenvalue weighted by atomic mass is 16.7. The Morgan fingerprint density at radius 2 is 1.88 bits per heavy atom. The average molecular weight is 224 g/mol. The maximum atomic E-state index is 8.77. The molecule has 1 saturated heterocycles. The third kappa shape index (κ3) is 3.20. The topological polar surface area (TPSA) is 47.9 Å². The fraction of sp³-hybridized carbons (Fsp3) is 0.500. The van der Waals surface area contributed by atoms with E-state index in [1.807, 2.05) is 24.3 Å². The summed E-state index contributed by atoms with van der Waals surface area (Å²) in [5.74, 6) is 0.792. The summed E-state index contributed by atoms with van der Waals surface area (Å²) in [4.78, 5) is 0. The Morgan fingerprint density at radius 1 is 1.19 bits per heavy atom. The van der Waals surface area contributed by atoms with Crippen LogP contribution in [0.1, 0.15) is 5.56 Å². The van der Waals surface area contributed by atoms with Crippen molar-refractivity contribution in [2.45, 2.75) is 12.7 Å².